The first-order valence-corrected chi connectivity index (χ1v) is 3.65. The Morgan fingerprint density at radius 1 is 1.08 bits per heavy atom. The van der Waals surface area contributed by atoms with E-state index in [2.05, 4.69) is 10.3 Å². The van der Waals surface area contributed by atoms with Crippen molar-refractivity contribution in [2.24, 2.45) is 4.99 Å². The summed E-state index contributed by atoms with van der Waals surface area (Å²) in [5.41, 5.74) is 1.07. The summed E-state index contributed by atoms with van der Waals surface area (Å²) in [4.78, 5) is 3.86. The third kappa shape index (κ3) is 1.42. The Kier molecular flexibility index (Phi) is 1.81. The molecule has 1 heterocycles. The smallest absolute Gasteiger partial charge is 0.159 e. The van der Waals surface area contributed by atoms with Gasteiger partial charge in [-0.25, -0.2) is 19.1 Å². The maximum absolute atomic E-state index is 12.7. The predicted octanol–water partition coefficient (Wildman–Crippen LogP) is 1.91. The third-order valence-corrected chi connectivity index (χ3v) is 1.68. The minimum atomic E-state index is -0.875. The molecule has 1 aromatic rings. The van der Waals surface area contributed by atoms with Crippen LogP contribution in [0.4, 0.5) is 8.78 Å². The fourth-order valence-corrected chi connectivity index (χ4v) is 1.04. The molecule has 0 atom stereocenters. The van der Waals surface area contributed by atoms with Crippen molar-refractivity contribution >= 4 is 12.0 Å². The molecule has 0 aromatic heterocycles. The summed E-state index contributed by atoms with van der Waals surface area (Å²) >= 11 is 0. The zero-order chi connectivity index (χ0) is 9.26. The molecule has 2 rings (SSSR count). The molecule has 0 unspecified atom stereocenters. The highest BCUT2D eigenvalue weighted by Crippen LogP contribution is 2.19. The van der Waals surface area contributed by atoms with E-state index in [4.69, 9.17) is 0 Å². The molecule has 0 aliphatic carbocycles. The number of halogens is 2. The Labute approximate surface area is 73.6 Å². The van der Waals surface area contributed by atoms with Crippen molar-refractivity contribution in [2.45, 2.75) is 0 Å². The molecule has 0 amide bonds. The zero-order valence-corrected chi connectivity index (χ0v) is 6.54. The maximum atomic E-state index is 12.7. The van der Waals surface area contributed by atoms with Crippen LogP contribution >= 0.6 is 0 Å². The number of benzene rings is 1. The molecule has 2 nitrogen and oxygen atoms in total. The SMILES string of the molecule is Fc1ccc(C2=C[N]C=N2)cc1F. The van der Waals surface area contributed by atoms with E-state index in [9.17, 15) is 8.78 Å². The lowest BCUT2D eigenvalue weighted by Gasteiger charge is -1.98. The van der Waals surface area contributed by atoms with Crippen molar-refractivity contribution in [3.8, 4) is 0 Å². The number of hydrogen-bond donors (Lipinski definition) is 0. The Morgan fingerprint density at radius 2 is 1.92 bits per heavy atom. The van der Waals surface area contributed by atoms with Crippen LogP contribution < -0.4 is 5.32 Å². The summed E-state index contributed by atoms with van der Waals surface area (Å²) in [5, 5.41) is 3.72. The van der Waals surface area contributed by atoms with E-state index in [0.29, 0.717) is 11.3 Å². The van der Waals surface area contributed by atoms with Crippen LogP contribution in [0, 0.1) is 11.6 Å². The van der Waals surface area contributed by atoms with Crippen LogP contribution in [0.3, 0.4) is 0 Å². The number of aliphatic imine (C=N–C) groups is 1. The molecular formula is C9H5F2N2. The molecule has 1 aliphatic rings. The van der Waals surface area contributed by atoms with Crippen LogP contribution in [-0.2, 0) is 0 Å². The van der Waals surface area contributed by atoms with E-state index in [1.54, 1.807) is 0 Å². The molecule has 1 aliphatic heterocycles. The monoisotopic (exact) mass is 179 g/mol. The Balaban J connectivity index is 2.42. The summed E-state index contributed by atoms with van der Waals surface area (Å²) in [5.74, 6) is -1.73. The second kappa shape index (κ2) is 2.97. The minimum Gasteiger partial charge on any atom is -0.243 e. The molecular weight excluding hydrogens is 174 g/mol. The van der Waals surface area contributed by atoms with Crippen LogP contribution in [0.2, 0.25) is 0 Å². The van der Waals surface area contributed by atoms with Crippen LogP contribution in [0.15, 0.2) is 29.4 Å². The van der Waals surface area contributed by atoms with Crippen LogP contribution in [-0.4, -0.2) is 6.34 Å². The van der Waals surface area contributed by atoms with Gasteiger partial charge < -0.3 is 0 Å². The lowest BCUT2D eigenvalue weighted by Crippen LogP contribution is -1.86. The first-order chi connectivity index (χ1) is 6.27. The molecule has 0 N–H and O–H groups in total. The second-order valence-electron chi connectivity index (χ2n) is 2.54. The minimum absolute atomic E-state index is 0.524. The Bertz CT molecular complexity index is 397. The van der Waals surface area contributed by atoms with Gasteiger partial charge in [-0.15, -0.1) is 0 Å². The summed E-state index contributed by atoms with van der Waals surface area (Å²) < 4.78 is 25.3. The highest BCUT2D eigenvalue weighted by Gasteiger charge is 2.07. The van der Waals surface area contributed by atoms with Gasteiger partial charge in [-0.3, -0.25) is 0 Å². The van der Waals surface area contributed by atoms with Crippen LogP contribution in [0.1, 0.15) is 5.56 Å². The number of rotatable bonds is 1. The molecule has 13 heavy (non-hydrogen) atoms. The second-order valence-corrected chi connectivity index (χ2v) is 2.54. The molecule has 4 heteroatoms. The van der Waals surface area contributed by atoms with E-state index >= 15 is 0 Å². The molecule has 0 bridgehead atoms. The summed E-state index contributed by atoms with van der Waals surface area (Å²) in [6, 6.07) is 3.63. The fraction of sp³-hybridized carbons (Fsp3) is 0. The molecule has 0 saturated heterocycles. The topological polar surface area (TPSA) is 26.5 Å². The molecule has 65 valence electrons. The standard InChI is InChI=1S/C9H5F2N2/c10-7-2-1-6(3-8(7)11)9-4-12-5-13-9/h1-5H. The molecule has 0 spiro atoms. The van der Waals surface area contributed by atoms with Gasteiger partial charge in [0.2, 0.25) is 0 Å². The number of nitrogens with zero attached hydrogens (tertiary/aromatic N) is 2. The Morgan fingerprint density at radius 3 is 2.54 bits per heavy atom. The zero-order valence-electron chi connectivity index (χ0n) is 6.54. The quantitative estimate of drug-likeness (QED) is 0.629. The summed E-state index contributed by atoms with van der Waals surface area (Å²) in [7, 11) is 0. The third-order valence-electron chi connectivity index (χ3n) is 1.68. The van der Waals surface area contributed by atoms with Crippen molar-refractivity contribution in [1.29, 1.82) is 0 Å². The normalized spacial score (nSPS) is 14.2. The fourth-order valence-electron chi connectivity index (χ4n) is 1.04. The van der Waals surface area contributed by atoms with Gasteiger partial charge in [-0.05, 0) is 18.2 Å². The van der Waals surface area contributed by atoms with Gasteiger partial charge in [-0.1, -0.05) is 0 Å². The van der Waals surface area contributed by atoms with Crippen molar-refractivity contribution in [3.05, 3.63) is 41.6 Å². The summed E-state index contributed by atoms with van der Waals surface area (Å²) in [6.45, 7) is 0. The van der Waals surface area contributed by atoms with Crippen LogP contribution in [0.5, 0.6) is 0 Å². The molecule has 1 aromatic carbocycles. The molecule has 1 radical (unpaired) electrons. The Hall–Kier alpha value is -1.71. The number of hydrogen-bond acceptors (Lipinski definition) is 1. The van der Waals surface area contributed by atoms with Gasteiger partial charge in [-0.2, -0.15) is 0 Å². The average molecular weight is 179 g/mol. The van der Waals surface area contributed by atoms with Crippen molar-refractivity contribution in [3.63, 3.8) is 0 Å². The first kappa shape index (κ1) is 7.91. The van der Waals surface area contributed by atoms with E-state index < -0.39 is 11.6 Å². The lowest BCUT2D eigenvalue weighted by atomic mass is 10.1. The van der Waals surface area contributed by atoms with Gasteiger partial charge in [0.15, 0.2) is 11.6 Å². The van der Waals surface area contributed by atoms with Gasteiger partial charge in [0.1, 0.15) is 6.34 Å². The predicted molar refractivity (Wildman–Crippen MR) is 45.0 cm³/mol. The van der Waals surface area contributed by atoms with E-state index in [-0.39, 0.29) is 0 Å². The lowest BCUT2D eigenvalue weighted by molar-refractivity contribution is 0.508. The van der Waals surface area contributed by atoms with Gasteiger partial charge >= 0.3 is 0 Å². The van der Waals surface area contributed by atoms with Crippen molar-refractivity contribution < 1.29 is 8.78 Å². The molecule has 0 fully saturated rings. The van der Waals surface area contributed by atoms with Gasteiger partial charge in [0.25, 0.3) is 0 Å². The maximum Gasteiger partial charge on any atom is 0.159 e. The highest BCUT2D eigenvalue weighted by molar-refractivity contribution is 5.78. The summed E-state index contributed by atoms with van der Waals surface area (Å²) in [6.07, 6.45) is 2.85. The largest absolute Gasteiger partial charge is 0.243 e. The highest BCUT2D eigenvalue weighted by atomic mass is 19.2. The van der Waals surface area contributed by atoms with Gasteiger partial charge in [0, 0.05) is 5.56 Å². The average Bonchev–Trinajstić information content (AvgIpc) is 2.62. The van der Waals surface area contributed by atoms with Crippen molar-refractivity contribution in [1.82, 2.24) is 5.32 Å². The van der Waals surface area contributed by atoms with Crippen molar-refractivity contribution in [2.75, 3.05) is 0 Å². The van der Waals surface area contributed by atoms with Gasteiger partial charge in [0.05, 0.1) is 11.9 Å². The molecule has 0 saturated carbocycles. The first-order valence-electron chi connectivity index (χ1n) is 3.65. The van der Waals surface area contributed by atoms with E-state index in [0.717, 1.165) is 12.1 Å². The van der Waals surface area contributed by atoms with Crippen LogP contribution in [0.25, 0.3) is 5.70 Å². The van der Waals surface area contributed by atoms with E-state index in [1.165, 1.54) is 18.6 Å². The van der Waals surface area contributed by atoms with E-state index in [1.807, 2.05) is 0 Å².